The molecule has 1 aliphatic rings. The molecule has 0 saturated heterocycles. The van der Waals surface area contributed by atoms with Gasteiger partial charge in [-0.3, -0.25) is 0 Å². The smallest absolute Gasteiger partial charge is 0.125 e. The molecule has 0 radical (unpaired) electrons. The van der Waals surface area contributed by atoms with Crippen LogP contribution in [0.4, 0.5) is 10.1 Å². The number of fused-ring (bicyclic) bond motifs is 1. The number of benzene rings is 1. The summed E-state index contributed by atoms with van der Waals surface area (Å²) in [6, 6.07) is 5.48. The molecule has 3 heteroatoms. The van der Waals surface area contributed by atoms with E-state index in [1.807, 2.05) is 18.2 Å². The maximum absolute atomic E-state index is 13.7. The van der Waals surface area contributed by atoms with Crippen LogP contribution in [0, 0.1) is 0 Å². The minimum Gasteiger partial charge on any atom is -0.379 e. The number of halogens is 2. The lowest BCUT2D eigenvalue weighted by molar-refractivity contribution is 0.187. The van der Waals surface area contributed by atoms with Gasteiger partial charge in [0, 0.05) is 10.7 Å². The lowest BCUT2D eigenvalue weighted by Crippen LogP contribution is -2.36. The van der Waals surface area contributed by atoms with E-state index in [1.165, 1.54) is 0 Å². The summed E-state index contributed by atoms with van der Waals surface area (Å²) in [5.41, 5.74) is 0.907. The number of hydrogen-bond acceptors (Lipinski definition) is 1. The number of rotatable bonds is 1. The zero-order valence-electron chi connectivity index (χ0n) is 8.27. The van der Waals surface area contributed by atoms with Gasteiger partial charge in [0.05, 0.1) is 6.04 Å². The van der Waals surface area contributed by atoms with Crippen LogP contribution >= 0.6 is 11.6 Å². The molecule has 0 aromatic heterocycles. The fourth-order valence-corrected chi connectivity index (χ4v) is 1.94. The molecule has 1 aliphatic heterocycles. The fraction of sp³-hybridized carbons (Fsp3) is 0.455. The Kier molecular flexibility index (Phi) is 2.18. The molecule has 1 nitrogen and oxygen atoms in total. The van der Waals surface area contributed by atoms with Crippen molar-refractivity contribution >= 4 is 17.3 Å². The molecule has 0 amide bonds. The van der Waals surface area contributed by atoms with Crippen molar-refractivity contribution in [2.24, 2.45) is 0 Å². The molecule has 1 N–H and O–H groups in total. The first-order valence-corrected chi connectivity index (χ1v) is 5.08. The van der Waals surface area contributed by atoms with Gasteiger partial charge in [-0.25, -0.2) is 4.39 Å². The van der Waals surface area contributed by atoms with Crippen molar-refractivity contribution in [2.75, 3.05) is 5.32 Å². The Morgan fingerprint density at radius 2 is 2.21 bits per heavy atom. The van der Waals surface area contributed by atoms with E-state index in [1.54, 1.807) is 13.8 Å². The Balaban J connectivity index is 2.26. The number of nitrogens with one attached hydrogen (secondary N) is 1. The predicted octanol–water partition coefficient (Wildman–Crippen LogP) is 3.42. The van der Waals surface area contributed by atoms with Gasteiger partial charge in [0.1, 0.15) is 5.67 Å². The van der Waals surface area contributed by atoms with E-state index in [0.717, 1.165) is 11.3 Å². The van der Waals surface area contributed by atoms with E-state index in [9.17, 15) is 4.39 Å². The summed E-state index contributed by atoms with van der Waals surface area (Å²) < 4.78 is 13.7. The lowest BCUT2D eigenvalue weighted by atomic mass is 9.98. The van der Waals surface area contributed by atoms with Gasteiger partial charge in [-0.1, -0.05) is 11.6 Å². The Bertz CT molecular complexity index is 357. The average molecular weight is 214 g/mol. The summed E-state index contributed by atoms with van der Waals surface area (Å²) in [4.78, 5) is 0. The van der Waals surface area contributed by atoms with Crippen LogP contribution in [0.25, 0.3) is 0 Å². The maximum atomic E-state index is 13.7. The van der Waals surface area contributed by atoms with Gasteiger partial charge in [0.25, 0.3) is 0 Å². The Labute approximate surface area is 88.3 Å². The second-order valence-corrected chi connectivity index (χ2v) is 4.70. The summed E-state index contributed by atoms with van der Waals surface area (Å²) in [5.74, 6) is 0. The first kappa shape index (κ1) is 9.78. The van der Waals surface area contributed by atoms with E-state index in [4.69, 9.17) is 11.6 Å². The molecule has 0 aliphatic carbocycles. The van der Waals surface area contributed by atoms with Crippen LogP contribution in [0.3, 0.4) is 0 Å². The number of alkyl halides is 1. The molecule has 76 valence electrons. The lowest BCUT2D eigenvalue weighted by Gasteiger charge is -2.22. The summed E-state index contributed by atoms with van der Waals surface area (Å²) >= 11 is 5.86. The van der Waals surface area contributed by atoms with Crippen LogP contribution in [0.2, 0.25) is 5.02 Å². The van der Waals surface area contributed by atoms with Gasteiger partial charge in [-0.15, -0.1) is 0 Å². The van der Waals surface area contributed by atoms with Crippen molar-refractivity contribution in [3.05, 3.63) is 28.8 Å². The van der Waals surface area contributed by atoms with Crippen LogP contribution in [-0.2, 0) is 6.42 Å². The zero-order chi connectivity index (χ0) is 10.3. The summed E-state index contributed by atoms with van der Waals surface area (Å²) in [6.45, 7) is 3.19. The van der Waals surface area contributed by atoms with E-state index < -0.39 is 5.67 Å². The van der Waals surface area contributed by atoms with Crippen LogP contribution < -0.4 is 5.32 Å². The highest BCUT2D eigenvalue weighted by molar-refractivity contribution is 6.30. The number of hydrogen-bond donors (Lipinski definition) is 1. The molecule has 0 saturated carbocycles. The monoisotopic (exact) mass is 213 g/mol. The third-order valence-corrected chi connectivity index (χ3v) is 2.88. The molecule has 1 aromatic carbocycles. The highest BCUT2D eigenvalue weighted by Crippen LogP contribution is 2.33. The quantitative estimate of drug-likeness (QED) is 0.754. The van der Waals surface area contributed by atoms with Gasteiger partial charge in [0.15, 0.2) is 0 Å². The minimum atomic E-state index is -1.20. The predicted molar refractivity (Wildman–Crippen MR) is 57.8 cm³/mol. The summed E-state index contributed by atoms with van der Waals surface area (Å²) in [7, 11) is 0. The molecule has 0 bridgehead atoms. The van der Waals surface area contributed by atoms with Crippen LogP contribution in [0.5, 0.6) is 0 Å². The normalized spacial score (nSPS) is 20.4. The van der Waals surface area contributed by atoms with Gasteiger partial charge in [-0.05, 0) is 44.0 Å². The van der Waals surface area contributed by atoms with Crippen molar-refractivity contribution < 1.29 is 4.39 Å². The third kappa shape index (κ3) is 1.71. The molecule has 0 fully saturated rings. The highest BCUT2D eigenvalue weighted by atomic mass is 35.5. The fourth-order valence-electron chi connectivity index (χ4n) is 1.74. The first-order valence-electron chi connectivity index (χ1n) is 4.71. The SMILES string of the molecule is CC(C)(F)C1Cc2cc(Cl)ccc2N1. The van der Waals surface area contributed by atoms with E-state index in [2.05, 4.69) is 5.32 Å². The second-order valence-electron chi connectivity index (χ2n) is 4.27. The van der Waals surface area contributed by atoms with Gasteiger partial charge < -0.3 is 5.32 Å². The molecule has 2 rings (SSSR count). The van der Waals surface area contributed by atoms with Gasteiger partial charge in [-0.2, -0.15) is 0 Å². The molecule has 1 aromatic rings. The van der Waals surface area contributed by atoms with E-state index in [-0.39, 0.29) is 6.04 Å². The van der Waals surface area contributed by atoms with E-state index in [0.29, 0.717) is 11.4 Å². The topological polar surface area (TPSA) is 12.0 Å². The van der Waals surface area contributed by atoms with Crippen molar-refractivity contribution in [1.82, 2.24) is 0 Å². The largest absolute Gasteiger partial charge is 0.379 e. The zero-order valence-corrected chi connectivity index (χ0v) is 9.03. The maximum Gasteiger partial charge on any atom is 0.125 e. The van der Waals surface area contributed by atoms with Gasteiger partial charge >= 0.3 is 0 Å². The van der Waals surface area contributed by atoms with Crippen LogP contribution in [0.1, 0.15) is 19.4 Å². The number of anilines is 1. The van der Waals surface area contributed by atoms with E-state index >= 15 is 0 Å². The summed E-state index contributed by atoms with van der Waals surface area (Å²) in [6.07, 6.45) is 0.708. The summed E-state index contributed by atoms with van der Waals surface area (Å²) in [5, 5.41) is 3.88. The molecule has 0 spiro atoms. The molecular formula is C11H13ClFN. The average Bonchev–Trinajstić information content (AvgIpc) is 2.45. The Hall–Kier alpha value is -0.760. The minimum absolute atomic E-state index is 0.143. The molecule has 1 heterocycles. The first-order chi connectivity index (χ1) is 6.47. The standard InChI is InChI=1S/C11H13ClFN/c1-11(2,13)10-6-7-5-8(12)3-4-9(7)14-10/h3-5,10,14H,6H2,1-2H3. The van der Waals surface area contributed by atoms with Crippen molar-refractivity contribution in [2.45, 2.75) is 32.0 Å². The highest BCUT2D eigenvalue weighted by Gasteiger charge is 2.34. The Morgan fingerprint density at radius 3 is 2.86 bits per heavy atom. The van der Waals surface area contributed by atoms with Crippen molar-refractivity contribution in [3.8, 4) is 0 Å². The van der Waals surface area contributed by atoms with Crippen LogP contribution in [-0.4, -0.2) is 11.7 Å². The molecule has 1 atom stereocenters. The second kappa shape index (κ2) is 3.13. The third-order valence-electron chi connectivity index (χ3n) is 2.65. The Morgan fingerprint density at radius 1 is 1.50 bits per heavy atom. The molecular weight excluding hydrogens is 201 g/mol. The molecule has 1 unspecified atom stereocenters. The molecule has 14 heavy (non-hydrogen) atoms. The van der Waals surface area contributed by atoms with Crippen molar-refractivity contribution in [1.29, 1.82) is 0 Å². The van der Waals surface area contributed by atoms with Gasteiger partial charge in [0.2, 0.25) is 0 Å². The van der Waals surface area contributed by atoms with Crippen molar-refractivity contribution in [3.63, 3.8) is 0 Å². The van der Waals surface area contributed by atoms with Crippen LogP contribution in [0.15, 0.2) is 18.2 Å².